The first-order valence-electron chi connectivity index (χ1n) is 5.81. The molecule has 0 unspecified atom stereocenters. The Labute approximate surface area is 131 Å². The third-order valence-corrected chi connectivity index (χ3v) is 6.43. The van der Waals surface area contributed by atoms with E-state index in [0.717, 1.165) is 4.34 Å². The smallest absolute Gasteiger partial charge is 0.353 e. The number of nitrogens with zero attached hydrogens (tertiary/aromatic N) is 2. The summed E-state index contributed by atoms with van der Waals surface area (Å²) >= 11 is 4.11. The van der Waals surface area contributed by atoms with E-state index in [1.54, 1.807) is 11.6 Å². The number of hydrogen-bond acceptors (Lipinski definition) is 7. The van der Waals surface area contributed by atoms with E-state index in [0.29, 0.717) is 17.1 Å². The van der Waals surface area contributed by atoms with Gasteiger partial charge in [0.05, 0.1) is 0 Å². The Bertz CT molecular complexity index is 631. The molecule has 2 amide bonds. The van der Waals surface area contributed by atoms with Crippen molar-refractivity contribution in [2.45, 2.75) is 15.8 Å². The van der Waals surface area contributed by atoms with E-state index in [1.807, 2.05) is 0 Å². The second-order valence-electron chi connectivity index (χ2n) is 4.15. The highest BCUT2D eigenvalue weighted by Crippen LogP contribution is 2.45. The van der Waals surface area contributed by atoms with Gasteiger partial charge in [-0.2, -0.15) is 0 Å². The first-order chi connectivity index (χ1) is 10.1. The molecule has 0 aromatic carbocycles. The predicted octanol–water partition coefficient (Wildman–Crippen LogP) is 0.561. The van der Waals surface area contributed by atoms with Crippen LogP contribution in [0.1, 0.15) is 0 Å². The quantitative estimate of drug-likeness (QED) is 0.595. The minimum atomic E-state index is -1.14. The van der Waals surface area contributed by atoms with Gasteiger partial charge in [-0.25, -0.2) is 9.78 Å². The van der Waals surface area contributed by atoms with Crippen molar-refractivity contribution in [1.29, 1.82) is 0 Å². The summed E-state index contributed by atoms with van der Waals surface area (Å²) in [6.45, 7) is 0. The largest absolute Gasteiger partial charge is 0.477 e. The number of hydrogen-bond donors (Lipinski definition) is 2. The van der Waals surface area contributed by atoms with Gasteiger partial charge in [0.15, 0.2) is 4.34 Å². The predicted molar refractivity (Wildman–Crippen MR) is 78.7 cm³/mol. The number of thioether (sulfide) groups is 2. The molecule has 1 aromatic rings. The van der Waals surface area contributed by atoms with Crippen LogP contribution in [0.2, 0.25) is 0 Å². The minimum Gasteiger partial charge on any atom is -0.477 e. The van der Waals surface area contributed by atoms with Crippen molar-refractivity contribution < 1.29 is 19.5 Å². The Morgan fingerprint density at radius 3 is 3.05 bits per heavy atom. The number of aromatic nitrogens is 1. The number of β-lactam (4-membered cyclic amide) rings is 1. The van der Waals surface area contributed by atoms with Crippen LogP contribution in [0, 0.1) is 0 Å². The van der Waals surface area contributed by atoms with Crippen molar-refractivity contribution in [2.75, 3.05) is 5.75 Å². The van der Waals surface area contributed by atoms with Crippen molar-refractivity contribution in [2.24, 2.45) is 0 Å². The lowest BCUT2D eigenvalue weighted by Crippen LogP contribution is -2.69. The summed E-state index contributed by atoms with van der Waals surface area (Å²) in [6, 6.07) is -0.645. The van der Waals surface area contributed by atoms with Crippen LogP contribution in [0.4, 0.5) is 0 Å². The number of thiazole rings is 1. The number of carbonyl (C=O) groups excluding carboxylic acids is 2. The van der Waals surface area contributed by atoms with E-state index >= 15 is 0 Å². The topological polar surface area (TPSA) is 99.6 Å². The third-order valence-electron chi connectivity index (χ3n) is 3.00. The standard InChI is InChI=1S/C11H9N3O4S3/c15-4-13-6-8(16)14-7(10(17)18)5(3-20-9(6)14)21-11-12-1-2-19-11/h1-2,4,6,9H,3H2,(H,13,15)(H,17,18)/t6-,9-/m1/s1. The number of fused-ring (bicyclic) bond motifs is 1. The maximum absolute atomic E-state index is 12.0. The molecular weight excluding hydrogens is 334 g/mol. The molecule has 3 heterocycles. The second kappa shape index (κ2) is 5.70. The van der Waals surface area contributed by atoms with Gasteiger partial charge in [0.1, 0.15) is 17.1 Å². The zero-order valence-corrected chi connectivity index (χ0v) is 12.8. The van der Waals surface area contributed by atoms with E-state index in [-0.39, 0.29) is 11.1 Å². The summed E-state index contributed by atoms with van der Waals surface area (Å²) in [7, 11) is 0. The molecule has 1 saturated heterocycles. The fourth-order valence-corrected chi connectivity index (χ4v) is 5.40. The van der Waals surface area contributed by atoms with Crippen LogP contribution in [0.25, 0.3) is 0 Å². The van der Waals surface area contributed by atoms with Crippen LogP contribution in [0.3, 0.4) is 0 Å². The fraction of sp³-hybridized carbons (Fsp3) is 0.273. The lowest BCUT2D eigenvalue weighted by atomic mass is 10.1. The molecule has 7 nitrogen and oxygen atoms in total. The highest BCUT2D eigenvalue weighted by atomic mass is 32.2. The van der Waals surface area contributed by atoms with Gasteiger partial charge in [-0.3, -0.25) is 14.5 Å². The van der Waals surface area contributed by atoms with Gasteiger partial charge in [-0.1, -0.05) is 11.8 Å². The molecule has 1 aromatic heterocycles. The molecule has 3 rings (SSSR count). The van der Waals surface area contributed by atoms with E-state index < -0.39 is 17.9 Å². The van der Waals surface area contributed by atoms with Gasteiger partial charge in [-0.05, 0) is 0 Å². The van der Waals surface area contributed by atoms with Gasteiger partial charge >= 0.3 is 5.97 Å². The molecule has 1 fully saturated rings. The van der Waals surface area contributed by atoms with E-state index in [4.69, 9.17) is 0 Å². The van der Waals surface area contributed by atoms with Crippen LogP contribution in [0.5, 0.6) is 0 Å². The lowest BCUT2D eigenvalue weighted by Gasteiger charge is -2.48. The number of carbonyl (C=O) groups is 3. The molecule has 0 bridgehead atoms. The number of amides is 2. The highest BCUT2D eigenvalue weighted by molar-refractivity contribution is 8.07. The summed E-state index contributed by atoms with van der Waals surface area (Å²) in [5, 5.41) is 13.3. The first kappa shape index (κ1) is 14.4. The van der Waals surface area contributed by atoms with Crippen LogP contribution in [-0.4, -0.2) is 50.4 Å². The zero-order chi connectivity index (χ0) is 15.0. The van der Waals surface area contributed by atoms with E-state index in [1.165, 1.54) is 39.8 Å². The number of carboxylic acids is 1. The SMILES string of the molecule is O=CN[C@@H]1C(=O)N2C(C(=O)O)=C(Sc3nccs3)CS[C@H]12. The molecule has 0 spiro atoms. The molecule has 0 aliphatic carbocycles. The van der Waals surface area contributed by atoms with Crippen LogP contribution < -0.4 is 5.32 Å². The van der Waals surface area contributed by atoms with Crippen molar-refractivity contribution in [3.8, 4) is 0 Å². The first-order valence-corrected chi connectivity index (χ1v) is 8.56. The van der Waals surface area contributed by atoms with Gasteiger partial charge in [0.25, 0.3) is 5.91 Å². The molecule has 10 heteroatoms. The average Bonchev–Trinajstić information content (AvgIpc) is 2.97. The number of aliphatic carboxylic acids is 1. The molecule has 21 heavy (non-hydrogen) atoms. The fourth-order valence-electron chi connectivity index (χ4n) is 2.13. The van der Waals surface area contributed by atoms with Gasteiger partial charge < -0.3 is 10.4 Å². The monoisotopic (exact) mass is 343 g/mol. The number of carboxylic acid groups (broad SMARTS) is 1. The van der Waals surface area contributed by atoms with Crippen molar-refractivity contribution in [1.82, 2.24) is 15.2 Å². The molecule has 2 N–H and O–H groups in total. The summed E-state index contributed by atoms with van der Waals surface area (Å²) in [6.07, 6.45) is 2.11. The molecule has 2 aliphatic heterocycles. The maximum Gasteiger partial charge on any atom is 0.353 e. The Morgan fingerprint density at radius 2 is 2.43 bits per heavy atom. The Morgan fingerprint density at radius 1 is 1.62 bits per heavy atom. The molecule has 110 valence electrons. The average molecular weight is 343 g/mol. The van der Waals surface area contributed by atoms with Gasteiger partial charge in [0.2, 0.25) is 6.41 Å². The molecule has 0 saturated carbocycles. The highest BCUT2D eigenvalue weighted by Gasteiger charge is 2.53. The second-order valence-corrected chi connectivity index (χ2v) is 7.49. The third kappa shape index (κ3) is 2.43. The van der Waals surface area contributed by atoms with Crippen molar-refractivity contribution in [3.63, 3.8) is 0 Å². The molecule has 2 atom stereocenters. The summed E-state index contributed by atoms with van der Waals surface area (Å²) in [5.41, 5.74) is -0.00658. The summed E-state index contributed by atoms with van der Waals surface area (Å²) < 4.78 is 0.735. The zero-order valence-electron chi connectivity index (χ0n) is 10.4. The van der Waals surface area contributed by atoms with Gasteiger partial charge in [0, 0.05) is 22.2 Å². The van der Waals surface area contributed by atoms with Gasteiger partial charge in [-0.15, -0.1) is 23.1 Å². The Hall–Kier alpha value is -1.52. The maximum atomic E-state index is 12.0. The van der Waals surface area contributed by atoms with Crippen molar-refractivity contribution >= 4 is 53.1 Å². The summed E-state index contributed by atoms with van der Waals surface area (Å²) in [5.74, 6) is -1.07. The van der Waals surface area contributed by atoms with Crippen LogP contribution in [-0.2, 0) is 14.4 Å². The Kier molecular flexibility index (Phi) is 3.91. The van der Waals surface area contributed by atoms with Crippen LogP contribution in [0.15, 0.2) is 26.5 Å². The molecule has 2 aliphatic rings. The number of rotatable bonds is 5. The minimum absolute atomic E-state index is 0.00658. The molecular formula is C11H9N3O4S3. The van der Waals surface area contributed by atoms with Crippen molar-refractivity contribution in [3.05, 3.63) is 22.2 Å². The Balaban J connectivity index is 1.90. The summed E-state index contributed by atoms with van der Waals surface area (Å²) in [4.78, 5) is 40.0. The van der Waals surface area contributed by atoms with Crippen LogP contribution >= 0.6 is 34.9 Å². The molecule has 0 radical (unpaired) electrons. The van der Waals surface area contributed by atoms with E-state index in [9.17, 15) is 19.5 Å². The normalized spacial score (nSPS) is 24.4. The lowest BCUT2D eigenvalue weighted by molar-refractivity contribution is -0.149. The number of nitrogens with one attached hydrogen (secondary N) is 1. The van der Waals surface area contributed by atoms with E-state index in [2.05, 4.69) is 10.3 Å².